The summed E-state index contributed by atoms with van der Waals surface area (Å²) in [4.78, 5) is 29.2. The molecule has 6 heteroatoms. The van der Waals surface area contributed by atoms with E-state index in [0.29, 0.717) is 23.7 Å². The molecule has 4 aromatic rings. The zero-order chi connectivity index (χ0) is 23.5. The second-order valence-corrected chi connectivity index (χ2v) is 8.82. The number of hydrogen-bond acceptors (Lipinski definition) is 3. The Balaban J connectivity index is 1.45. The van der Waals surface area contributed by atoms with Crippen molar-refractivity contribution in [2.75, 3.05) is 6.54 Å². The third-order valence-electron chi connectivity index (χ3n) is 6.55. The van der Waals surface area contributed by atoms with Gasteiger partial charge in [0, 0.05) is 23.7 Å². The normalized spacial score (nSPS) is 13.9. The first kappa shape index (κ1) is 21.9. The van der Waals surface area contributed by atoms with Crippen molar-refractivity contribution in [1.82, 2.24) is 14.9 Å². The number of imidazole rings is 1. The molecule has 1 amide bonds. The molecular formula is C28H27N3O3. The van der Waals surface area contributed by atoms with Crippen molar-refractivity contribution < 1.29 is 14.7 Å². The van der Waals surface area contributed by atoms with Gasteiger partial charge in [0.2, 0.25) is 0 Å². The maximum atomic E-state index is 12.8. The number of carboxylic acid groups (broad SMARTS) is 1. The molecule has 34 heavy (non-hydrogen) atoms. The van der Waals surface area contributed by atoms with Gasteiger partial charge in [-0.1, -0.05) is 55.3 Å². The number of fused-ring (bicyclic) bond motifs is 1. The summed E-state index contributed by atoms with van der Waals surface area (Å²) in [5.74, 6) is -0.300. The third-order valence-corrected chi connectivity index (χ3v) is 6.55. The molecule has 3 aromatic carbocycles. The molecule has 1 aromatic heterocycles. The highest BCUT2D eigenvalue weighted by Crippen LogP contribution is 2.37. The standard InChI is InChI=1S/C28H27N3O3/c32-27(29-16-15-19-7-2-1-3-8-19)21-10-6-9-20(17-21)26-30-24-18-22(28(33)34)13-14-25(24)31(26)23-11-4-5-12-23/h1-3,6-10,13-14,17-18,23H,4-5,11-12,15-16H2,(H,29,32)(H,33,34). The Hall–Kier alpha value is -3.93. The van der Waals surface area contributed by atoms with Crippen LogP contribution in [0.1, 0.15) is 58.0 Å². The Morgan fingerprint density at radius 2 is 1.74 bits per heavy atom. The summed E-state index contributed by atoms with van der Waals surface area (Å²) in [6, 6.07) is 23.1. The number of carboxylic acids is 1. The predicted molar refractivity (Wildman–Crippen MR) is 132 cm³/mol. The summed E-state index contributed by atoms with van der Waals surface area (Å²) in [5, 5.41) is 12.4. The van der Waals surface area contributed by atoms with Crippen LogP contribution in [0.15, 0.2) is 72.8 Å². The van der Waals surface area contributed by atoms with Crippen molar-refractivity contribution in [3.63, 3.8) is 0 Å². The molecule has 1 fully saturated rings. The molecule has 1 saturated carbocycles. The maximum absolute atomic E-state index is 12.8. The van der Waals surface area contributed by atoms with Crippen molar-refractivity contribution in [3.05, 3.63) is 89.5 Å². The number of benzene rings is 3. The predicted octanol–water partition coefficient (Wildman–Crippen LogP) is 5.49. The van der Waals surface area contributed by atoms with E-state index >= 15 is 0 Å². The van der Waals surface area contributed by atoms with Gasteiger partial charge in [0.1, 0.15) is 5.82 Å². The van der Waals surface area contributed by atoms with E-state index in [0.717, 1.165) is 36.2 Å². The monoisotopic (exact) mass is 453 g/mol. The lowest BCUT2D eigenvalue weighted by Gasteiger charge is -2.17. The fraction of sp³-hybridized carbons (Fsp3) is 0.250. The van der Waals surface area contributed by atoms with E-state index in [2.05, 4.69) is 22.0 Å². The topological polar surface area (TPSA) is 84.2 Å². The molecule has 2 N–H and O–H groups in total. The van der Waals surface area contributed by atoms with Gasteiger partial charge >= 0.3 is 5.97 Å². The number of nitrogens with one attached hydrogen (secondary N) is 1. The number of hydrogen-bond donors (Lipinski definition) is 2. The van der Waals surface area contributed by atoms with Crippen molar-refractivity contribution in [2.24, 2.45) is 0 Å². The Morgan fingerprint density at radius 1 is 0.941 bits per heavy atom. The van der Waals surface area contributed by atoms with E-state index in [1.165, 1.54) is 18.4 Å². The van der Waals surface area contributed by atoms with Gasteiger partial charge < -0.3 is 15.0 Å². The van der Waals surface area contributed by atoms with Crippen molar-refractivity contribution >= 4 is 22.9 Å². The first-order valence-corrected chi connectivity index (χ1v) is 11.8. The van der Waals surface area contributed by atoms with Crippen LogP contribution in [0.4, 0.5) is 0 Å². The fourth-order valence-electron chi connectivity index (χ4n) is 4.83. The van der Waals surface area contributed by atoms with Gasteiger partial charge in [-0.2, -0.15) is 0 Å². The Morgan fingerprint density at radius 3 is 2.50 bits per heavy atom. The van der Waals surface area contributed by atoms with Crippen LogP contribution in [0.3, 0.4) is 0 Å². The quantitative estimate of drug-likeness (QED) is 0.388. The molecule has 0 unspecified atom stereocenters. The highest BCUT2D eigenvalue weighted by Gasteiger charge is 2.24. The second kappa shape index (κ2) is 9.51. The van der Waals surface area contributed by atoms with E-state index in [1.54, 1.807) is 12.1 Å². The lowest BCUT2D eigenvalue weighted by atomic mass is 10.1. The number of aromatic carboxylic acids is 1. The number of nitrogens with zero attached hydrogens (tertiary/aromatic N) is 2. The molecule has 0 atom stereocenters. The molecule has 5 rings (SSSR count). The van der Waals surface area contributed by atoms with Gasteiger partial charge in [-0.15, -0.1) is 0 Å². The zero-order valence-corrected chi connectivity index (χ0v) is 18.9. The van der Waals surface area contributed by atoms with Gasteiger partial charge in [-0.25, -0.2) is 9.78 Å². The van der Waals surface area contributed by atoms with Crippen molar-refractivity contribution in [1.29, 1.82) is 0 Å². The average Bonchev–Trinajstić information content (AvgIpc) is 3.52. The number of carbonyl (C=O) groups is 2. The third kappa shape index (κ3) is 4.44. The van der Waals surface area contributed by atoms with Crippen LogP contribution in [0.25, 0.3) is 22.4 Å². The fourth-order valence-corrected chi connectivity index (χ4v) is 4.83. The Bertz CT molecular complexity index is 1340. The summed E-state index contributed by atoms with van der Waals surface area (Å²) in [5.41, 5.74) is 4.45. The van der Waals surface area contributed by atoms with Crippen LogP contribution in [0.5, 0.6) is 0 Å². The molecule has 1 aliphatic carbocycles. The molecule has 1 aliphatic rings. The minimum atomic E-state index is -0.965. The molecule has 0 spiro atoms. The summed E-state index contributed by atoms with van der Waals surface area (Å²) in [6.07, 6.45) is 5.25. The van der Waals surface area contributed by atoms with Gasteiger partial charge in [-0.3, -0.25) is 4.79 Å². The van der Waals surface area contributed by atoms with Gasteiger partial charge in [0.25, 0.3) is 5.91 Å². The van der Waals surface area contributed by atoms with Gasteiger partial charge in [0.05, 0.1) is 16.6 Å². The highest BCUT2D eigenvalue weighted by molar-refractivity contribution is 5.96. The molecule has 1 heterocycles. The van der Waals surface area contributed by atoms with Gasteiger partial charge in [-0.05, 0) is 55.2 Å². The second-order valence-electron chi connectivity index (χ2n) is 8.82. The van der Waals surface area contributed by atoms with Crippen LogP contribution < -0.4 is 5.32 Å². The number of rotatable bonds is 7. The summed E-state index contributed by atoms with van der Waals surface area (Å²) in [6.45, 7) is 0.561. The van der Waals surface area contributed by atoms with Crippen molar-refractivity contribution in [2.45, 2.75) is 38.1 Å². The van der Waals surface area contributed by atoms with Crippen molar-refractivity contribution in [3.8, 4) is 11.4 Å². The first-order chi connectivity index (χ1) is 16.6. The van der Waals surface area contributed by atoms with Gasteiger partial charge in [0.15, 0.2) is 0 Å². The van der Waals surface area contributed by atoms with E-state index < -0.39 is 5.97 Å². The summed E-state index contributed by atoms with van der Waals surface area (Å²) < 4.78 is 2.24. The van der Waals surface area contributed by atoms with Crippen LogP contribution in [0, 0.1) is 0 Å². The summed E-state index contributed by atoms with van der Waals surface area (Å²) >= 11 is 0. The maximum Gasteiger partial charge on any atom is 0.335 e. The van der Waals surface area contributed by atoms with E-state index in [4.69, 9.17) is 4.98 Å². The Kier molecular flexibility index (Phi) is 6.12. The highest BCUT2D eigenvalue weighted by atomic mass is 16.4. The molecular weight excluding hydrogens is 426 g/mol. The van der Waals surface area contributed by atoms with Crippen LogP contribution in [0.2, 0.25) is 0 Å². The van der Waals surface area contributed by atoms with E-state index in [9.17, 15) is 14.7 Å². The first-order valence-electron chi connectivity index (χ1n) is 11.8. The molecule has 6 nitrogen and oxygen atoms in total. The lowest BCUT2D eigenvalue weighted by Crippen LogP contribution is -2.25. The smallest absolute Gasteiger partial charge is 0.335 e. The average molecular weight is 454 g/mol. The molecule has 0 bridgehead atoms. The van der Waals surface area contributed by atoms with E-state index in [-0.39, 0.29) is 11.5 Å². The number of carbonyl (C=O) groups excluding carboxylic acids is 1. The minimum absolute atomic E-state index is 0.116. The Labute approximate surface area is 198 Å². The van der Waals surface area contributed by atoms with Crippen LogP contribution in [-0.4, -0.2) is 33.1 Å². The SMILES string of the molecule is O=C(O)c1ccc2c(c1)nc(-c1cccc(C(=O)NCCc3ccccc3)c1)n2C1CCCC1. The largest absolute Gasteiger partial charge is 0.478 e. The van der Waals surface area contributed by atoms with E-state index in [1.807, 2.05) is 48.5 Å². The number of amides is 1. The lowest BCUT2D eigenvalue weighted by molar-refractivity contribution is 0.0696. The number of aromatic nitrogens is 2. The molecule has 0 radical (unpaired) electrons. The summed E-state index contributed by atoms with van der Waals surface area (Å²) in [7, 11) is 0. The molecule has 172 valence electrons. The minimum Gasteiger partial charge on any atom is -0.478 e. The van der Waals surface area contributed by atoms with Crippen LogP contribution >= 0.6 is 0 Å². The van der Waals surface area contributed by atoms with Crippen LogP contribution in [-0.2, 0) is 6.42 Å². The zero-order valence-electron chi connectivity index (χ0n) is 18.9. The molecule has 0 saturated heterocycles. The molecule has 0 aliphatic heterocycles.